The van der Waals surface area contributed by atoms with Crippen molar-refractivity contribution in [2.24, 2.45) is 23.0 Å². The number of rotatable bonds is 2. The maximum absolute atomic E-state index is 10.8. The number of likely N-dealkylation sites (tertiary alicyclic amines) is 1. The molecule has 4 unspecified atom stereocenters. The molecule has 1 saturated heterocycles. The minimum Gasteiger partial charge on any atom is -0.390 e. The fourth-order valence-electron chi connectivity index (χ4n) is 5.09. The first-order chi connectivity index (χ1) is 9.88. The van der Waals surface area contributed by atoms with Crippen molar-refractivity contribution in [2.75, 3.05) is 19.6 Å². The van der Waals surface area contributed by atoms with Crippen molar-refractivity contribution in [3.63, 3.8) is 0 Å². The van der Waals surface area contributed by atoms with Crippen molar-refractivity contribution in [3.05, 3.63) is 0 Å². The van der Waals surface area contributed by atoms with E-state index in [9.17, 15) is 5.11 Å². The molecule has 3 aliphatic rings. The summed E-state index contributed by atoms with van der Waals surface area (Å²) in [6.07, 6.45) is 9.46. The Labute approximate surface area is 130 Å². The first-order valence-electron chi connectivity index (χ1n) is 9.08. The van der Waals surface area contributed by atoms with Crippen molar-refractivity contribution >= 4 is 0 Å². The highest BCUT2D eigenvalue weighted by Gasteiger charge is 2.43. The van der Waals surface area contributed by atoms with Gasteiger partial charge in [0.1, 0.15) is 0 Å². The average Bonchev–Trinajstić information content (AvgIpc) is 2.43. The Kier molecular flexibility index (Phi) is 4.37. The van der Waals surface area contributed by atoms with E-state index in [0.29, 0.717) is 23.3 Å². The van der Waals surface area contributed by atoms with Crippen LogP contribution in [0.1, 0.15) is 65.2 Å². The van der Waals surface area contributed by atoms with Crippen LogP contribution in [-0.2, 0) is 0 Å². The summed E-state index contributed by atoms with van der Waals surface area (Å²) in [5, 5.41) is 10.8. The van der Waals surface area contributed by atoms with Gasteiger partial charge in [0.25, 0.3) is 0 Å². The van der Waals surface area contributed by atoms with E-state index in [1.165, 1.54) is 38.5 Å². The lowest BCUT2D eigenvalue weighted by Crippen LogP contribution is -2.55. The van der Waals surface area contributed by atoms with Gasteiger partial charge in [0.05, 0.1) is 5.60 Å². The Hall–Kier alpha value is -0.120. The van der Waals surface area contributed by atoms with E-state index in [4.69, 9.17) is 5.73 Å². The summed E-state index contributed by atoms with van der Waals surface area (Å²) in [6.45, 7) is 8.10. The van der Waals surface area contributed by atoms with Crippen LogP contribution in [0, 0.1) is 17.3 Å². The minimum atomic E-state index is -0.345. The van der Waals surface area contributed by atoms with Crippen molar-refractivity contribution < 1.29 is 5.11 Å². The number of nitrogens with zero attached hydrogens (tertiary/aromatic N) is 1. The standard InChI is InChI=1S/C18H34N2O/c1-17(2)8-6-16(19)14(11-17)12-20-10-9-18(21)7-4-3-5-15(18)13-20/h14-16,21H,3-13,19H2,1-2H3. The molecule has 3 nitrogen and oxygen atoms in total. The molecule has 3 fully saturated rings. The molecule has 3 N–H and O–H groups in total. The minimum absolute atomic E-state index is 0.345. The topological polar surface area (TPSA) is 49.5 Å². The fourth-order valence-corrected chi connectivity index (χ4v) is 5.09. The van der Waals surface area contributed by atoms with Gasteiger partial charge in [-0.2, -0.15) is 0 Å². The molecule has 2 saturated carbocycles. The lowest BCUT2D eigenvalue weighted by Gasteiger charge is -2.49. The van der Waals surface area contributed by atoms with E-state index in [1.807, 2.05) is 0 Å². The van der Waals surface area contributed by atoms with Gasteiger partial charge in [-0.3, -0.25) is 0 Å². The molecule has 0 radical (unpaired) electrons. The average molecular weight is 294 g/mol. The smallest absolute Gasteiger partial charge is 0.0700 e. The number of aliphatic hydroxyl groups is 1. The van der Waals surface area contributed by atoms with Crippen LogP contribution in [0.25, 0.3) is 0 Å². The molecule has 1 heterocycles. The molecule has 3 rings (SSSR count). The van der Waals surface area contributed by atoms with E-state index in [1.54, 1.807) is 0 Å². The highest BCUT2D eigenvalue weighted by atomic mass is 16.3. The van der Waals surface area contributed by atoms with Crippen LogP contribution in [0.3, 0.4) is 0 Å². The van der Waals surface area contributed by atoms with Gasteiger partial charge < -0.3 is 15.7 Å². The molecular weight excluding hydrogens is 260 g/mol. The molecule has 4 atom stereocenters. The highest BCUT2D eigenvalue weighted by Crippen LogP contribution is 2.42. The Morgan fingerprint density at radius 2 is 1.95 bits per heavy atom. The van der Waals surface area contributed by atoms with Gasteiger partial charge in [-0.25, -0.2) is 0 Å². The van der Waals surface area contributed by atoms with Crippen molar-refractivity contribution in [3.8, 4) is 0 Å². The largest absolute Gasteiger partial charge is 0.390 e. The monoisotopic (exact) mass is 294 g/mol. The van der Waals surface area contributed by atoms with Gasteiger partial charge in [0.2, 0.25) is 0 Å². The van der Waals surface area contributed by atoms with Gasteiger partial charge in [0, 0.05) is 31.6 Å². The van der Waals surface area contributed by atoms with Gasteiger partial charge in [-0.1, -0.05) is 26.7 Å². The van der Waals surface area contributed by atoms with E-state index < -0.39 is 0 Å². The van der Waals surface area contributed by atoms with Crippen LogP contribution in [0.15, 0.2) is 0 Å². The SMILES string of the molecule is CC1(C)CCC(N)C(CN2CCC3(O)CCCCC3C2)C1. The summed E-state index contributed by atoms with van der Waals surface area (Å²) >= 11 is 0. The summed E-state index contributed by atoms with van der Waals surface area (Å²) in [5.74, 6) is 1.15. The Morgan fingerprint density at radius 3 is 2.76 bits per heavy atom. The summed E-state index contributed by atoms with van der Waals surface area (Å²) in [5.41, 5.74) is 6.51. The summed E-state index contributed by atoms with van der Waals surface area (Å²) in [7, 11) is 0. The van der Waals surface area contributed by atoms with Crippen molar-refractivity contribution in [1.82, 2.24) is 4.90 Å². The maximum Gasteiger partial charge on any atom is 0.0700 e. The molecule has 0 aromatic carbocycles. The van der Waals surface area contributed by atoms with E-state index in [2.05, 4.69) is 18.7 Å². The van der Waals surface area contributed by atoms with Crippen LogP contribution < -0.4 is 5.73 Å². The Bertz CT molecular complexity index is 370. The Balaban J connectivity index is 1.58. The first-order valence-corrected chi connectivity index (χ1v) is 9.08. The van der Waals surface area contributed by atoms with Gasteiger partial charge in [0.15, 0.2) is 0 Å². The molecule has 0 aromatic rings. The molecule has 0 aromatic heterocycles. The van der Waals surface area contributed by atoms with Gasteiger partial charge >= 0.3 is 0 Å². The third-order valence-electron chi connectivity index (χ3n) is 6.58. The second-order valence-corrected chi connectivity index (χ2v) is 8.89. The highest BCUT2D eigenvalue weighted by molar-refractivity contribution is 4.97. The number of hydrogen-bond acceptors (Lipinski definition) is 3. The van der Waals surface area contributed by atoms with E-state index >= 15 is 0 Å². The van der Waals surface area contributed by atoms with Crippen LogP contribution in [0.4, 0.5) is 0 Å². The molecule has 21 heavy (non-hydrogen) atoms. The normalized spacial score (nSPS) is 44.3. The third kappa shape index (κ3) is 3.46. The molecule has 122 valence electrons. The van der Waals surface area contributed by atoms with Crippen molar-refractivity contribution in [2.45, 2.75) is 76.9 Å². The molecule has 1 aliphatic heterocycles. The zero-order valence-electron chi connectivity index (χ0n) is 14.0. The van der Waals surface area contributed by atoms with Crippen LogP contribution in [0.2, 0.25) is 0 Å². The summed E-state index contributed by atoms with van der Waals surface area (Å²) in [6, 6.07) is 0.380. The van der Waals surface area contributed by atoms with E-state index in [-0.39, 0.29) is 5.60 Å². The van der Waals surface area contributed by atoms with Crippen LogP contribution >= 0.6 is 0 Å². The maximum atomic E-state index is 10.8. The number of piperidine rings is 1. The van der Waals surface area contributed by atoms with Crippen LogP contribution in [0.5, 0.6) is 0 Å². The fraction of sp³-hybridized carbons (Fsp3) is 1.00. The lowest BCUT2D eigenvalue weighted by atomic mass is 9.69. The second kappa shape index (κ2) is 5.82. The van der Waals surface area contributed by atoms with Crippen molar-refractivity contribution in [1.29, 1.82) is 0 Å². The number of hydrogen-bond donors (Lipinski definition) is 2. The van der Waals surface area contributed by atoms with Crippen LogP contribution in [-0.4, -0.2) is 41.3 Å². The van der Waals surface area contributed by atoms with Gasteiger partial charge in [-0.15, -0.1) is 0 Å². The third-order valence-corrected chi connectivity index (χ3v) is 6.58. The zero-order chi connectivity index (χ0) is 15.1. The second-order valence-electron chi connectivity index (χ2n) is 8.89. The number of nitrogens with two attached hydrogens (primary N) is 1. The summed E-state index contributed by atoms with van der Waals surface area (Å²) < 4.78 is 0. The first kappa shape index (κ1) is 15.8. The Morgan fingerprint density at radius 1 is 1.14 bits per heavy atom. The van der Waals surface area contributed by atoms with E-state index in [0.717, 1.165) is 32.5 Å². The molecule has 2 aliphatic carbocycles. The molecule has 0 bridgehead atoms. The predicted molar refractivity (Wildman–Crippen MR) is 87.1 cm³/mol. The molecular formula is C18H34N2O. The van der Waals surface area contributed by atoms with Gasteiger partial charge in [-0.05, 0) is 49.9 Å². The lowest BCUT2D eigenvalue weighted by molar-refractivity contribution is -0.0989. The quantitative estimate of drug-likeness (QED) is 0.823. The molecule has 0 spiro atoms. The molecule has 3 heteroatoms. The predicted octanol–water partition coefficient (Wildman–Crippen LogP) is 2.77. The molecule has 0 amide bonds. The summed E-state index contributed by atoms with van der Waals surface area (Å²) in [4.78, 5) is 2.61. The zero-order valence-corrected chi connectivity index (χ0v) is 14.0. The number of fused-ring (bicyclic) bond motifs is 1.